The fraction of sp³-hybridized carbons (Fsp3) is 0.130. The first-order valence-electron chi connectivity index (χ1n) is 25.0. The van der Waals surface area contributed by atoms with E-state index in [-0.39, 0.29) is 28.9 Å². The van der Waals surface area contributed by atoms with Crippen molar-refractivity contribution in [2.45, 2.75) is 61.3 Å². The summed E-state index contributed by atoms with van der Waals surface area (Å²) in [5, 5.41) is 47.0. The molecule has 10 aromatic rings. The number of hydrogen-bond acceptors (Lipinski definition) is 4. The summed E-state index contributed by atoms with van der Waals surface area (Å²) in [7, 11) is 0. The highest BCUT2D eigenvalue weighted by molar-refractivity contribution is 5.90. The van der Waals surface area contributed by atoms with Crippen LogP contribution in [-0.2, 0) is 0 Å². The van der Waals surface area contributed by atoms with E-state index in [0.717, 1.165) is 50.1 Å². The van der Waals surface area contributed by atoms with Crippen molar-refractivity contribution in [1.82, 2.24) is 0 Å². The van der Waals surface area contributed by atoms with Crippen LogP contribution in [0.15, 0.2) is 188 Å². The van der Waals surface area contributed by atoms with Crippen molar-refractivity contribution in [3.05, 3.63) is 249 Å². The van der Waals surface area contributed by atoms with Gasteiger partial charge in [0.05, 0.1) is 0 Å². The van der Waals surface area contributed by atoms with Crippen LogP contribution in [0.1, 0.15) is 67.1 Å². The van der Waals surface area contributed by atoms with E-state index in [9.17, 15) is 20.4 Å². The van der Waals surface area contributed by atoms with E-state index in [1.807, 2.05) is 94.4 Å². The summed E-state index contributed by atoms with van der Waals surface area (Å²) in [6.07, 6.45) is 0. The fourth-order valence-corrected chi connectivity index (χ4v) is 10.9. The van der Waals surface area contributed by atoms with E-state index in [0.29, 0.717) is 33.4 Å². The third-order valence-corrected chi connectivity index (χ3v) is 14.1. The van der Waals surface area contributed by atoms with Crippen molar-refractivity contribution < 1.29 is 20.4 Å². The van der Waals surface area contributed by atoms with Crippen LogP contribution < -0.4 is 0 Å². The van der Waals surface area contributed by atoms with Gasteiger partial charge in [0.25, 0.3) is 0 Å². The maximum atomic E-state index is 11.8. The van der Waals surface area contributed by atoms with Crippen LogP contribution in [0.3, 0.4) is 0 Å². The lowest BCUT2D eigenvalue weighted by Crippen LogP contribution is -2.03. The average Bonchev–Trinajstić information content (AvgIpc) is 3.35. The number of aryl methyl sites for hydroxylation is 8. The van der Waals surface area contributed by atoms with Gasteiger partial charge in [-0.25, -0.2) is 0 Å². The molecule has 4 N–H and O–H groups in total. The van der Waals surface area contributed by atoms with Crippen molar-refractivity contribution in [3.63, 3.8) is 0 Å². The number of phenolic OH excluding ortho intramolecular Hbond substituents is 4. The summed E-state index contributed by atoms with van der Waals surface area (Å²) in [6.45, 7) is 16.6. The van der Waals surface area contributed by atoms with Crippen LogP contribution >= 0.6 is 0 Å². The molecule has 0 unspecified atom stereocenters. The van der Waals surface area contributed by atoms with Crippen molar-refractivity contribution in [2.75, 3.05) is 0 Å². The molecule has 4 heteroatoms. The highest BCUT2D eigenvalue weighted by Gasteiger charge is 2.22. The first-order chi connectivity index (χ1) is 35.0. The van der Waals surface area contributed by atoms with Gasteiger partial charge in [-0.1, -0.05) is 190 Å². The Morgan fingerprint density at radius 2 is 0.397 bits per heavy atom. The smallest absolute Gasteiger partial charge is 0.166 e. The van der Waals surface area contributed by atoms with Gasteiger partial charge in [0, 0.05) is 28.2 Å². The Hall–Kier alpha value is -8.60. The summed E-state index contributed by atoms with van der Waals surface area (Å²) in [5.41, 5.74) is 23.9. The maximum absolute atomic E-state index is 11.8. The van der Waals surface area contributed by atoms with E-state index in [2.05, 4.69) is 149 Å². The minimum absolute atomic E-state index is 0.0798. The zero-order valence-corrected chi connectivity index (χ0v) is 42.8. The van der Waals surface area contributed by atoms with Gasteiger partial charge < -0.3 is 20.4 Å². The third kappa shape index (κ3) is 9.90. The second kappa shape index (κ2) is 19.5. The number of aromatic hydroxyl groups is 4. The standard InChI is InChI=1S/C69H60O4/c1-40-25-41(2)30-54(29-40)48-9-15-51(16-10-48)65(52-17-11-49(12-18-52)55-31-42(3)26-43(4)32-55)53-19-13-50(14-20-53)56-37-59(63-23-21-61(66(70)68(63)72)57-33-44(5)27-45(6)34-57)39-60(38-56)64-24-22-62(67(71)69(64)73)58-35-46(7)28-47(8)36-58/h9-39,65,70-73H,1-8H3. The maximum Gasteiger partial charge on any atom is 0.166 e. The van der Waals surface area contributed by atoms with Crippen LogP contribution in [0, 0.1) is 55.4 Å². The monoisotopic (exact) mass is 952 g/mol. The van der Waals surface area contributed by atoms with Gasteiger partial charge in [-0.3, -0.25) is 0 Å². The molecule has 0 bridgehead atoms. The SMILES string of the molecule is Cc1cc(C)cc(-c2ccc(C(c3ccc(-c4cc(C)cc(C)c4)cc3)c3ccc(-c4cc(-c5ccc(-c6cc(C)cc(C)c6)c(O)c5O)cc(-c5ccc(-c6cc(C)cc(C)c6)c(O)c5O)c4)cc3)cc2)c1. The Balaban J connectivity index is 1.09. The predicted molar refractivity (Wildman–Crippen MR) is 303 cm³/mol. The molecule has 4 nitrogen and oxygen atoms in total. The van der Waals surface area contributed by atoms with Gasteiger partial charge in [-0.05, 0) is 170 Å². The van der Waals surface area contributed by atoms with E-state index in [4.69, 9.17) is 0 Å². The Bertz CT molecular complexity index is 3430. The zero-order chi connectivity index (χ0) is 51.2. The Labute approximate surface area is 429 Å². The molecule has 0 saturated carbocycles. The number of rotatable bonds is 10. The minimum Gasteiger partial charge on any atom is -0.504 e. The first kappa shape index (κ1) is 48.0. The van der Waals surface area contributed by atoms with Crippen LogP contribution in [0.2, 0.25) is 0 Å². The van der Waals surface area contributed by atoms with Crippen molar-refractivity contribution in [3.8, 4) is 101 Å². The highest BCUT2D eigenvalue weighted by atomic mass is 16.3. The largest absolute Gasteiger partial charge is 0.504 e. The molecule has 0 fully saturated rings. The summed E-state index contributed by atoms with van der Waals surface area (Å²) < 4.78 is 0. The molecule has 0 amide bonds. The van der Waals surface area contributed by atoms with E-state index < -0.39 is 0 Å². The second-order valence-corrected chi connectivity index (χ2v) is 20.3. The fourth-order valence-electron chi connectivity index (χ4n) is 10.9. The molecule has 10 rings (SSSR count). The molecular weight excluding hydrogens is 893 g/mol. The lowest BCUT2D eigenvalue weighted by Gasteiger charge is -2.21. The van der Waals surface area contributed by atoms with Gasteiger partial charge in [0.15, 0.2) is 23.0 Å². The Morgan fingerprint density at radius 3 is 0.644 bits per heavy atom. The average molecular weight is 953 g/mol. The van der Waals surface area contributed by atoms with Crippen LogP contribution in [0.4, 0.5) is 0 Å². The van der Waals surface area contributed by atoms with Gasteiger partial charge in [-0.2, -0.15) is 0 Å². The topological polar surface area (TPSA) is 80.9 Å². The molecule has 0 radical (unpaired) electrons. The lowest BCUT2D eigenvalue weighted by atomic mass is 9.83. The van der Waals surface area contributed by atoms with Crippen LogP contribution in [-0.4, -0.2) is 20.4 Å². The van der Waals surface area contributed by atoms with Crippen LogP contribution in [0.25, 0.3) is 77.9 Å². The summed E-state index contributed by atoms with van der Waals surface area (Å²) in [6, 6.07) is 65.2. The first-order valence-corrected chi connectivity index (χ1v) is 25.0. The van der Waals surface area contributed by atoms with Gasteiger partial charge in [-0.15, -0.1) is 0 Å². The summed E-state index contributed by atoms with van der Waals surface area (Å²) in [5.74, 6) is -1.01. The third-order valence-electron chi connectivity index (χ3n) is 14.1. The quantitative estimate of drug-likeness (QED) is 0.0813. The predicted octanol–water partition coefficient (Wildman–Crippen LogP) is 17.8. The van der Waals surface area contributed by atoms with E-state index in [1.165, 1.54) is 55.6 Å². The van der Waals surface area contributed by atoms with Crippen molar-refractivity contribution in [1.29, 1.82) is 0 Å². The number of benzene rings is 10. The molecule has 0 aliphatic rings. The lowest BCUT2D eigenvalue weighted by molar-refractivity contribution is 0.406. The molecule has 0 aliphatic carbocycles. The van der Waals surface area contributed by atoms with Crippen LogP contribution in [0.5, 0.6) is 23.0 Å². The molecule has 0 spiro atoms. The molecule has 0 aromatic heterocycles. The minimum atomic E-state index is -0.248. The van der Waals surface area contributed by atoms with E-state index >= 15 is 0 Å². The Kier molecular flexibility index (Phi) is 12.9. The van der Waals surface area contributed by atoms with E-state index in [1.54, 1.807) is 0 Å². The Morgan fingerprint density at radius 1 is 0.205 bits per heavy atom. The number of phenols is 4. The molecule has 0 saturated heterocycles. The zero-order valence-electron chi connectivity index (χ0n) is 42.8. The second-order valence-electron chi connectivity index (χ2n) is 20.3. The molecule has 73 heavy (non-hydrogen) atoms. The number of hydrogen-bond donors (Lipinski definition) is 4. The van der Waals surface area contributed by atoms with Crippen molar-refractivity contribution in [2.24, 2.45) is 0 Å². The van der Waals surface area contributed by atoms with Gasteiger partial charge in [0.2, 0.25) is 0 Å². The van der Waals surface area contributed by atoms with Crippen molar-refractivity contribution >= 4 is 0 Å². The summed E-state index contributed by atoms with van der Waals surface area (Å²) in [4.78, 5) is 0. The molecule has 360 valence electrons. The molecule has 0 heterocycles. The van der Waals surface area contributed by atoms with Gasteiger partial charge in [0.1, 0.15) is 0 Å². The molecule has 0 atom stereocenters. The molecular formula is C69H60O4. The highest BCUT2D eigenvalue weighted by Crippen LogP contribution is 2.48. The normalized spacial score (nSPS) is 11.4. The molecule has 10 aromatic carbocycles. The summed E-state index contributed by atoms with van der Waals surface area (Å²) >= 11 is 0. The van der Waals surface area contributed by atoms with Gasteiger partial charge >= 0.3 is 0 Å². The molecule has 0 aliphatic heterocycles.